The highest BCUT2D eigenvalue weighted by molar-refractivity contribution is 5.43. The standard InChI is InChI=1S/C14H16F3N3O/c1-9-8-20(14(19-9)18-4-3-5-21-2)10-6-11(15)13(17)12(16)7-10/h6-8H,3-5H2,1-2H3,(H,18,19). The van der Waals surface area contributed by atoms with Crippen LogP contribution in [-0.2, 0) is 4.74 Å². The maximum Gasteiger partial charge on any atom is 0.207 e. The van der Waals surface area contributed by atoms with Gasteiger partial charge in [0, 0.05) is 38.6 Å². The van der Waals surface area contributed by atoms with Crippen molar-refractivity contribution in [1.29, 1.82) is 0 Å². The largest absolute Gasteiger partial charge is 0.385 e. The van der Waals surface area contributed by atoms with Gasteiger partial charge in [-0.05, 0) is 13.3 Å². The zero-order valence-corrected chi connectivity index (χ0v) is 11.8. The number of hydrogen-bond acceptors (Lipinski definition) is 3. The molecule has 1 aromatic carbocycles. The van der Waals surface area contributed by atoms with Crippen LogP contribution in [0.25, 0.3) is 5.69 Å². The van der Waals surface area contributed by atoms with E-state index >= 15 is 0 Å². The van der Waals surface area contributed by atoms with E-state index < -0.39 is 17.5 Å². The molecule has 0 saturated heterocycles. The number of aryl methyl sites for hydroxylation is 1. The molecule has 0 atom stereocenters. The van der Waals surface area contributed by atoms with Crippen molar-refractivity contribution in [1.82, 2.24) is 9.55 Å². The van der Waals surface area contributed by atoms with Gasteiger partial charge >= 0.3 is 0 Å². The van der Waals surface area contributed by atoms with Crippen molar-refractivity contribution in [2.24, 2.45) is 0 Å². The lowest BCUT2D eigenvalue weighted by Crippen LogP contribution is -2.10. The molecule has 21 heavy (non-hydrogen) atoms. The molecular weight excluding hydrogens is 283 g/mol. The van der Waals surface area contributed by atoms with Gasteiger partial charge in [0.25, 0.3) is 0 Å². The molecule has 2 aromatic rings. The summed E-state index contributed by atoms with van der Waals surface area (Å²) >= 11 is 0. The Morgan fingerprint density at radius 2 is 1.90 bits per heavy atom. The minimum absolute atomic E-state index is 0.168. The summed E-state index contributed by atoms with van der Waals surface area (Å²) in [5.41, 5.74) is 0.843. The lowest BCUT2D eigenvalue weighted by Gasteiger charge is -2.10. The Labute approximate surface area is 120 Å². The lowest BCUT2D eigenvalue weighted by atomic mass is 10.3. The number of halogens is 3. The summed E-state index contributed by atoms with van der Waals surface area (Å²) in [6.45, 7) is 2.94. The molecule has 0 radical (unpaired) electrons. The predicted molar refractivity (Wildman–Crippen MR) is 73.2 cm³/mol. The Kier molecular flexibility index (Phi) is 4.85. The Morgan fingerprint density at radius 3 is 2.52 bits per heavy atom. The monoisotopic (exact) mass is 299 g/mol. The van der Waals surface area contributed by atoms with Gasteiger partial charge in [-0.1, -0.05) is 0 Å². The number of rotatable bonds is 6. The first kappa shape index (κ1) is 15.4. The number of anilines is 1. The quantitative estimate of drug-likeness (QED) is 0.658. The lowest BCUT2D eigenvalue weighted by molar-refractivity contribution is 0.197. The highest BCUT2D eigenvalue weighted by Gasteiger charge is 2.14. The molecule has 0 fully saturated rings. The fourth-order valence-electron chi connectivity index (χ4n) is 1.92. The number of imidazole rings is 1. The normalized spacial score (nSPS) is 10.9. The summed E-state index contributed by atoms with van der Waals surface area (Å²) in [4.78, 5) is 4.24. The van der Waals surface area contributed by atoms with E-state index in [1.165, 1.54) is 4.57 Å². The van der Waals surface area contributed by atoms with Gasteiger partial charge in [0.1, 0.15) is 0 Å². The Hall–Kier alpha value is -2.02. The molecule has 1 heterocycles. The van der Waals surface area contributed by atoms with Gasteiger partial charge in [0.05, 0.1) is 11.4 Å². The molecule has 0 bridgehead atoms. The van der Waals surface area contributed by atoms with E-state index in [1.807, 2.05) is 0 Å². The first-order valence-corrected chi connectivity index (χ1v) is 6.46. The third kappa shape index (κ3) is 3.55. The maximum absolute atomic E-state index is 13.3. The van der Waals surface area contributed by atoms with Crippen molar-refractivity contribution in [3.05, 3.63) is 41.5 Å². The van der Waals surface area contributed by atoms with Gasteiger partial charge in [0.2, 0.25) is 5.95 Å². The first-order valence-electron chi connectivity index (χ1n) is 6.46. The van der Waals surface area contributed by atoms with Crippen LogP contribution in [0.3, 0.4) is 0 Å². The number of benzene rings is 1. The van der Waals surface area contributed by atoms with Crippen molar-refractivity contribution in [2.45, 2.75) is 13.3 Å². The Balaban J connectivity index is 2.27. The summed E-state index contributed by atoms with van der Waals surface area (Å²) < 4.78 is 46.1. The average Bonchev–Trinajstić information content (AvgIpc) is 2.81. The third-order valence-electron chi connectivity index (χ3n) is 2.88. The van der Waals surface area contributed by atoms with Crippen LogP contribution in [-0.4, -0.2) is 29.8 Å². The molecule has 1 aromatic heterocycles. The highest BCUT2D eigenvalue weighted by Crippen LogP contribution is 2.21. The van der Waals surface area contributed by atoms with Gasteiger partial charge in [-0.15, -0.1) is 0 Å². The number of nitrogens with zero attached hydrogens (tertiary/aromatic N) is 2. The maximum atomic E-state index is 13.3. The van der Waals surface area contributed by atoms with Crippen LogP contribution in [0.15, 0.2) is 18.3 Å². The molecule has 0 unspecified atom stereocenters. The fraction of sp³-hybridized carbons (Fsp3) is 0.357. The molecule has 2 rings (SSSR count). The topological polar surface area (TPSA) is 39.1 Å². The van der Waals surface area contributed by atoms with Crippen LogP contribution in [0.5, 0.6) is 0 Å². The molecule has 4 nitrogen and oxygen atoms in total. The third-order valence-corrected chi connectivity index (χ3v) is 2.88. The van der Waals surface area contributed by atoms with E-state index in [9.17, 15) is 13.2 Å². The van der Waals surface area contributed by atoms with E-state index in [2.05, 4.69) is 10.3 Å². The molecule has 1 N–H and O–H groups in total. The molecule has 0 amide bonds. The zero-order chi connectivity index (χ0) is 15.4. The van der Waals surface area contributed by atoms with Crippen molar-refractivity contribution in [3.63, 3.8) is 0 Å². The molecule has 0 spiro atoms. The predicted octanol–water partition coefficient (Wildman–Crippen LogP) is 3.05. The smallest absolute Gasteiger partial charge is 0.207 e. The van der Waals surface area contributed by atoms with Gasteiger partial charge in [0.15, 0.2) is 17.5 Å². The average molecular weight is 299 g/mol. The molecule has 0 aliphatic heterocycles. The summed E-state index contributed by atoms with van der Waals surface area (Å²) in [5.74, 6) is -3.51. The van der Waals surface area contributed by atoms with Gasteiger partial charge in [-0.3, -0.25) is 4.57 Å². The second-order valence-electron chi connectivity index (χ2n) is 4.57. The SMILES string of the molecule is COCCCNc1nc(C)cn1-c1cc(F)c(F)c(F)c1. The first-order chi connectivity index (χ1) is 10.0. The van der Waals surface area contributed by atoms with Gasteiger partial charge in [-0.2, -0.15) is 0 Å². The van der Waals surface area contributed by atoms with Gasteiger partial charge in [-0.25, -0.2) is 18.2 Å². The second-order valence-corrected chi connectivity index (χ2v) is 4.57. The summed E-state index contributed by atoms with van der Waals surface area (Å²) in [6.07, 6.45) is 2.37. The zero-order valence-electron chi connectivity index (χ0n) is 11.8. The highest BCUT2D eigenvalue weighted by atomic mass is 19.2. The number of hydrogen-bond donors (Lipinski definition) is 1. The number of nitrogens with one attached hydrogen (secondary N) is 1. The van der Waals surface area contributed by atoms with Gasteiger partial charge < -0.3 is 10.1 Å². The van der Waals surface area contributed by atoms with Crippen LogP contribution >= 0.6 is 0 Å². The molecule has 0 saturated carbocycles. The summed E-state index contributed by atoms with van der Waals surface area (Å²) in [6, 6.07) is 1.86. The molecule has 114 valence electrons. The van der Waals surface area contributed by atoms with E-state index in [-0.39, 0.29) is 5.69 Å². The fourth-order valence-corrected chi connectivity index (χ4v) is 1.92. The van der Waals surface area contributed by atoms with E-state index in [0.29, 0.717) is 24.8 Å². The molecule has 0 aliphatic rings. The van der Waals surface area contributed by atoms with Crippen LogP contribution in [0.2, 0.25) is 0 Å². The minimum atomic E-state index is -1.48. The number of methoxy groups -OCH3 is 1. The Morgan fingerprint density at radius 1 is 1.24 bits per heavy atom. The molecule has 7 heteroatoms. The number of aromatic nitrogens is 2. The number of ether oxygens (including phenoxy) is 1. The Bertz CT molecular complexity index is 605. The molecule has 0 aliphatic carbocycles. The van der Waals surface area contributed by atoms with Crippen LogP contribution < -0.4 is 5.32 Å². The van der Waals surface area contributed by atoms with Crippen LogP contribution in [0.1, 0.15) is 12.1 Å². The van der Waals surface area contributed by atoms with E-state index in [4.69, 9.17) is 4.74 Å². The molecular formula is C14H16F3N3O. The van der Waals surface area contributed by atoms with Crippen molar-refractivity contribution >= 4 is 5.95 Å². The van der Waals surface area contributed by atoms with Crippen molar-refractivity contribution in [2.75, 3.05) is 25.6 Å². The van der Waals surface area contributed by atoms with Crippen LogP contribution in [0.4, 0.5) is 19.1 Å². The summed E-state index contributed by atoms with van der Waals surface area (Å²) in [7, 11) is 1.61. The second kappa shape index (κ2) is 6.62. The van der Waals surface area contributed by atoms with E-state index in [0.717, 1.165) is 18.6 Å². The van der Waals surface area contributed by atoms with Crippen LogP contribution in [0, 0.1) is 24.4 Å². The van der Waals surface area contributed by atoms with Crippen molar-refractivity contribution < 1.29 is 17.9 Å². The minimum Gasteiger partial charge on any atom is -0.385 e. The van der Waals surface area contributed by atoms with E-state index in [1.54, 1.807) is 20.2 Å². The van der Waals surface area contributed by atoms with Crippen molar-refractivity contribution in [3.8, 4) is 5.69 Å². The summed E-state index contributed by atoms with van der Waals surface area (Å²) in [5, 5.41) is 3.05.